The molecule has 1 saturated heterocycles. The lowest BCUT2D eigenvalue weighted by atomic mass is 9.83. The van der Waals surface area contributed by atoms with Crippen LogP contribution in [0.3, 0.4) is 0 Å². The number of hydrogen-bond acceptors (Lipinski definition) is 4. The topological polar surface area (TPSA) is 84.3 Å². The molecule has 1 heterocycles. The molecule has 1 aromatic rings. The maximum absolute atomic E-state index is 12.3. The van der Waals surface area contributed by atoms with E-state index in [1.165, 1.54) is 6.07 Å². The Hall–Kier alpha value is -1.66. The van der Waals surface area contributed by atoms with Gasteiger partial charge in [-0.2, -0.15) is 0 Å². The number of nitro benzene ring substituents is 1. The minimum atomic E-state index is -0.516. The van der Waals surface area contributed by atoms with Gasteiger partial charge in [-0.05, 0) is 43.4 Å². The summed E-state index contributed by atoms with van der Waals surface area (Å²) in [6.07, 6.45) is 2.12. The van der Waals surface area contributed by atoms with E-state index < -0.39 is 4.92 Å². The summed E-state index contributed by atoms with van der Waals surface area (Å²) in [6, 6.07) is 4.59. The molecule has 1 amide bonds. The van der Waals surface area contributed by atoms with E-state index in [9.17, 15) is 14.9 Å². The number of hydrogen-bond donors (Lipinski definition) is 2. The lowest BCUT2D eigenvalue weighted by Gasteiger charge is -2.34. The van der Waals surface area contributed by atoms with E-state index in [2.05, 4.69) is 17.6 Å². The molecule has 1 aliphatic heterocycles. The van der Waals surface area contributed by atoms with E-state index in [4.69, 9.17) is 0 Å². The van der Waals surface area contributed by atoms with Crippen LogP contribution in [0.1, 0.15) is 35.7 Å². The summed E-state index contributed by atoms with van der Waals surface area (Å²) in [4.78, 5) is 22.8. The van der Waals surface area contributed by atoms with Gasteiger partial charge in [0.2, 0.25) is 0 Å². The molecule has 7 heteroatoms. The zero-order chi connectivity index (χ0) is 15.5. The Morgan fingerprint density at radius 3 is 2.82 bits per heavy atom. The fourth-order valence-electron chi connectivity index (χ4n) is 2.65. The molecule has 1 unspecified atom stereocenters. The SMILES string of the molecule is Cc1ccc([N+](=O)[O-])c(C(=O)NCC2(C)CCCNC2)c1.Cl. The Labute approximate surface area is 136 Å². The van der Waals surface area contributed by atoms with Crippen LogP contribution in [0.2, 0.25) is 0 Å². The van der Waals surface area contributed by atoms with Crippen LogP contribution in [0.25, 0.3) is 0 Å². The smallest absolute Gasteiger partial charge is 0.282 e. The Morgan fingerprint density at radius 2 is 2.23 bits per heavy atom. The Morgan fingerprint density at radius 1 is 1.50 bits per heavy atom. The molecular formula is C15H22ClN3O3. The molecule has 22 heavy (non-hydrogen) atoms. The molecule has 2 N–H and O–H groups in total. The quantitative estimate of drug-likeness (QED) is 0.657. The van der Waals surface area contributed by atoms with Crippen molar-refractivity contribution in [3.63, 3.8) is 0 Å². The predicted octanol–water partition coefficient (Wildman–Crippen LogP) is 2.44. The monoisotopic (exact) mass is 327 g/mol. The highest BCUT2D eigenvalue weighted by molar-refractivity contribution is 5.98. The third kappa shape index (κ3) is 4.42. The van der Waals surface area contributed by atoms with Crippen molar-refractivity contribution in [2.45, 2.75) is 26.7 Å². The number of amides is 1. The van der Waals surface area contributed by atoms with E-state index in [-0.39, 0.29) is 35.0 Å². The summed E-state index contributed by atoms with van der Waals surface area (Å²) in [5.74, 6) is -0.378. The molecule has 1 atom stereocenters. The van der Waals surface area contributed by atoms with Crippen LogP contribution < -0.4 is 10.6 Å². The third-order valence-electron chi connectivity index (χ3n) is 3.95. The molecule has 0 aliphatic carbocycles. The van der Waals surface area contributed by atoms with E-state index in [1.807, 2.05) is 6.92 Å². The first-order valence-corrected chi connectivity index (χ1v) is 7.15. The Balaban J connectivity index is 0.00000242. The average molecular weight is 328 g/mol. The first-order chi connectivity index (χ1) is 9.91. The predicted molar refractivity (Wildman–Crippen MR) is 87.6 cm³/mol. The molecule has 2 rings (SSSR count). The van der Waals surface area contributed by atoms with E-state index in [0.717, 1.165) is 31.5 Å². The van der Waals surface area contributed by atoms with Crippen molar-refractivity contribution in [2.75, 3.05) is 19.6 Å². The first-order valence-electron chi connectivity index (χ1n) is 7.15. The molecule has 1 fully saturated rings. The van der Waals surface area contributed by atoms with Gasteiger partial charge in [-0.25, -0.2) is 0 Å². The molecule has 122 valence electrons. The number of rotatable bonds is 4. The molecule has 0 aromatic heterocycles. The van der Waals surface area contributed by atoms with Gasteiger partial charge < -0.3 is 10.6 Å². The van der Waals surface area contributed by atoms with Crippen LogP contribution >= 0.6 is 12.4 Å². The third-order valence-corrected chi connectivity index (χ3v) is 3.95. The number of benzene rings is 1. The number of nitro groups is 1. The Kier molecular flexibility index (Phi) is 6.32. The molecule has 0 radical (unpaired) electrons. The van der Waals surface area contributed by atoms with Crippen molar-refractivity contribution in [1.82, 2.24) is 10.6 Å². The van der Waals surface area contributed by atoms with Crippen LogP contribution in [0.4, 0.5) is 5.69 Å². The molecule has 0 bridgehead atoms. The summed E-state index contributed by atoms with van der Waals surface area (Å²) in [6.45, 7) is 6.30. The van der Waals surface area contributed by atoms with Crippen molar-refractivity contribution >= 4 is 24.0 Å². The molecular weight excluding hydrogens is 306 g/mol. The highest BCUT2D eigenvalue weighted by Crippen LogP contribution is 2.25. The highest BCUT2D eigenvalue weighted by atomic mass is 35.5. The van der Waals surface area contributed by atoms with Crippen molar-refractivity contribution in [2.24, 2.45) is 5.41 Å². The lowest BCUT2D eigenvalue weighted by molar-refractivity contribution is -0.385. The number of carbonyl (C=O) groups excluding carboxylic acids is 1. The summed E-state index contributed by atoms with van der Waals surface area (Å²) in [5.41, 5.74) is 0.820. The van der Waals surface area contributed by atoms with Crippen molar-refractivity contribution in [3.8, 4) is 0 Å². The van der Waals surface area contributed by atoms with Crippen LogP contribution in [0, 0.1) is 22.5 Å². The van der Waals surface area contributed by atoms with Gasteiger partial charge in [-0.3, -0.25) is 14.9 Å². The summed E-state index contributed by atoms with van der Waals surface area (Å²) < 4.78 is 0. The van der Waals surface area contributed by atoms with E-state index in [1.54, 1.807) is 12.1 Å². The Bertz CT molecular complexity index is 557. The second-order valence-electron chi connectivity index (χ2n) is 6.05. The number of halogens is 1. The molecule has 0 spiro atoms. The fraction of sp³-hybridized carbons (Fsp3) is 0.533. The van der Waals surface area contributed by atoms with Gasteiger partial charge in [0, 0.05) is 19.2 Å². The summed E-state index contributed by atoms with van der Waals surface area (Å²) in [7, 11) is 0. The minimum Gasteiger partial charge on any atom is -0.351 e. The zero-order valence-corrected chi connectivity index (χ0v) is 13.7. The van der Waals surface area contributed by atoms with Crippen molar-refractivity contribution < 1.29 is 9.72 Å². The van der Waals surface area contributed by atoms with Crippen LogP contribution in [-0.4, -0.2) is 30.5 Å². The standard InChI is InChI=1S/C15H21N3O3.ClH/c1-11-4-5-13(18(20)21)12(8-11)14(19)17-10-15(2)6-3-7-16-9-15;/h4-5,8,16H,3,6-7,9-10H2,1-2H3,(H,17,19);1H. The largest absolute Gasteiger partial charge is 0.351 e. The number of piperidine rings is 1. The lowest BCUT2D eigenvalue weighted by Crippen LogP contribution is -2.45. The van der Waals surface area contributed by atoms with Gasteiger partial charge in [0.25, 0.3) is 11.6 Å². The van der Waals surface area contributed by atoms with E-state index >= 15 is 0 Å². The number of nitrogens with zero attached hydrogens (tertiary/aromatic N) is 1. The van der Waals surface area contributed by atoms with E-state index in [0.29, 0.717) is 6.54 Å². The molecule has 6 nitrogen and oxygen atoms in total. The van der Waals surface area contributed by atoms with Gasteiger partial charge in [-0.1, -0.05) is 13.0 Å². The maximum Gasteiger partial charge on any atom is 0.282 e. The number of nitrogens with one attached hydrogen (secondary N) is 2. The summed E-state index contributed by atoms with van der Waals surface area (Å²) >= 11 is 0. The van der Waals surface area contributed by atoms with Gasteiger partial charge >= 0.3 is 0 Å². The second-order valence-corrected chi connectivity index (χ2v) is 6.05. The molecule has 0 saturated carbocycles. The fourth-order valence-corrected chi connectivity index (χ4v) is 2.65. The van der Waals surface area contributed by atoms with Gasteiger partial charge in [0.1, 0.15) is 5.56 Å². The normalized spacial score (nSPS) is 20.8. The number of carbonyl (C=O) groups is 1. The second kappa shape index (κ2) is 7.56. The number of aryl methyl sites for hydroxylation is 1. The molecule has 1 aliphatic rings. The van der Waals surface area contributed by atoms with Gasteiger partial charge in [0.15, 0.2) is 0 Å². The minimum absolute atomic E-state index is 0. The van der Waals surface area contributed by atoms with Crippen molar-refractivity contribution in [3.05, 3.63) is 39.4 Å². The maximum atomic E-state index is 12.3. The molecule has 1 aromatic carbocycles. The summed E-state index contributed by atoms with van der Waals surface area (Å²) in [5, 5.41) is 17.2. The van der Waals surface area contributed by atoms with Gasteiger partial charge in [0.05, 0.1) is 4.92 Å². The van der Waals surface area contributed by atoms with Crippen LogP contribution in [0.15, 0.2) is 18.2 Å². The van der Waals surface area contributed by atoms with Crippen molar-refractivity contribution in [1.29, 1.82) is 0 Å². The average Bonchev–Trinajstić information content (AvgIpc) is 2.45. The van der Waals surface area contributed by atoms with Crippen LogP contribution in [-0.2, 0) is 0 Å². The first kappa shape index (κ1) is 18.4. The zero-order valence-electron chi connectivity index (χ0n) is 12.8. The van der Waals surface area contributed by atoms with Gasteiger partial charge in [-0.15, -0.1) is 12.4 Å². The highest BCUT2D eigenvalue weighted by Gasteiger charge is 2.28. The van der Waals surface area contributed by atoms with Crippen LogP contribution in [0.5, 0.6) is 0 Å².